The highest BCUT2D eigenvalue weighted by Crippen LogP contribution is 2.27. The number of halogens is 1. The first-order valence-corrected chi connectivity index (χ1v) is 7.66. The van der Waals surface area contributed by atoms with Crippen molar-refractivity contribution < 1.29 is 0 Å². The van der Waals surface area contributed by atoms with E-state index < -0.39 is 0 Å². The summed E-state index contributed by atoms with van der Waals surface area (Å²) in [6, 6.07) is 0.882. The van der Waals surface area contributed by atoms with E-state index >= 15 is 0 Å². The van der Waals surface area contributed by atoms with Crippen LogP contribution in [0.2, 0.25) is 0 Å². The molecule has 0 radical (unpaired) electrons. The summed E-state index contributed by atoms with van der Waals surface area (Å²) in [7, 11) is 2.35. The van der Waals surface area contributed by atoms with Gasteiger partial charge in [0.05, 0.1) is 0 Å². The van der Waals surface area contributed by atoms with Crippen molar-refractivity contribution in [3.63, 3.8) is 0 Å². The van der Waals surface area contributed by atoms with Crippen molar-refractivity contribution in [1.82, 2.24) is 10.2 Å². The molecule has 0 unspecified atom stereocenters. The van der Waals surface area contributed by atoms with Crippen molar-refractivity contribution in [2.45, 2.75) is 57.9 Å². The summed E-state index contributed by atoms with van der Waals surface area (Å²) < 4.78 is 0. The maximum atomic E-state index is 3.46. The van der Waals surface area contributed by atoms with Gasteiger partial charge in [-0.2, -0.15) is 0 Å². The molecule has 0 amide bonds. The molecule has 1 saturated heterocycles. The molecule has 1 heterocycles. The second-order valence-corrected chi connectivity index (χ2v) is 6.38. The molecule has 1 aliphatic carbocycles. The molecule has 1 saturated carbocycles. The summed E-state index contributed by atoms with van der Waals surface area (Å²) in [6.45, 7) is 6.22. The molecule has 2 aliphatic rings. The standard InChI is InChI=1S/C15H30N2.ClH/c1-13-3-5-15(6-4-13)17(2)12-9-14-7-10-16-11-8-14;/h13-16H,3-12H2,1-2H3;1H. The van der Waals surface area contributed by atoms with Crippen molar-refractivity contribution in [3.8, 4) is 0 Å². The monoisotopic (exact) mass is 274 g/mol. The maximum Gasteiger partial charge on any atom is 0.00924 e. The summed E-state index contributed by atoms with van der Waals surface area (Å²) in [4.78, 5) is 2.65. The van der Waals surface area contributed by atoms with E-state index in [1.165, 1.54) is 64.6 Å². The summed E-state index contributed by atoms with van der Waals surface area (Å²) in [5.74, 6) is 1.96. The first-order chi connectivity index (χ1) is 8.25. The maximum absolute atomic E-state index is 3.46. The van der Waals surface area contributed by atoms with E-state index in [4.69, 9.17) is 0 Å². The van der Waals surface area contributed by atoms with Crippen molar-refractivity contribution >= 4 is 12.4 Å². The lowest BCUT2D eigenvalue weighted by Gasteiger charge is -2.34. The van der Waals surface area contributed by atoms with Gasteiger partial charge in [0.2, 0.25) is 0 Å². The quantitative estimate of drug-likeness (QED) is 0.846. The molecule has 0 spiro atoms. The van der Waals surface area contributed by atoms with Crippen LogP contribution in [0.4, 0.5) is 0 Å². The van der Waals surface area contributed by atoms with Gasteiger partial charge in [-0.25, -0.2) is 0 Å². The van der Waals surface area contributed by atoms with Crippen LogP contribution in [0, 0.1) is 11.8 Å². The van der Waals surface area contributed by atoms with Crippen molar-refractivity contribution in [2.24, 2.45) is 11.8 Å². The summed E-state index contributed by atoms with van der Waals surface area (Å²) >= 11 is 0. The molecule has 1 aliphatic heterocycles. The second-order valence-electron chi connectivity index (χ2n) is 6.38. The fourth-order valence-electron chi connectivity index (χ4n) is 3.42. The Morgan fingerprint density at radius 1 is 1.00 bits per heavy atom. The predicted molar refractivity (Wildman–Crippen MR) is 81.5 cm³/mol. The third-order valence-corrected chi connectivity index (χ3v) is 4.96. The van der Waals surface area contributed by atoms with Crippen molar-refractivity contribution in [3.05, 3.63) is 0 Å². The summed E-state index contributed by atoms with van der Waals surface area (Å²) in [5, 5.41) is 3.46. The van der Waals surface area contributed by atoms with Crippen LogP contribution in [0.15, 0.2) is 0 Å². The van der Waals surface area contributed by atoms with Gasteiger partial charge in [0, 0.05) is 6.04 Å². The Balaban J connectivity index is 0.00000162. The number of nitrogens with one attached hydrogen (secondary N) is 1. The molecule has 3 heteroatoms. The van der Waals surface area contributed by atoms with Gasteiger partial charge in [-0.05, 0) is 83.5 Å². The highest BCUT2D eigenvalue weighted by Gasteiger charge is 2.22. The van der Waals surface area contributed by atoms with E-state index in [2.05, 4.69) is 24.2 Å². The molecule has 2 nitrogen and oxygen atoms in total. The Morgan fingerprint density at radius 3 is 2.22 bits per heavy atom. The van der Waals surface area contributed by atoms with E-state index in [1.54, 1.807) is 0 Å². The Hall–Kier alpha value is 0.210. The molecule has 108 valence electrons. The van der Waals surface area contributed by atoms with E-state index in [9.17, 15) is 0 Å². The molecule has 0 bridgehead atoms. The van der Waals surface area contributed by atoms with Gasteiger partial charge < -0.3 is 10.2 Å². The van der Waals surface area contributed by atoms with Crippen LogP contribution in [0.25, 0.3) is 0 Å². The van der Waals surface area contributed by atoms with Crippen LogP contribution in [0.1, 0.15) is 51.9 Å². The first kappa shape index (κ1) is 16.3. The third kappa shape index (κ3) is 5.07. The number of nitrogens with zero attached hydrogens (tertiary/aromatic N) is 1. The topological polar surface area (TPSA) is 15.3 Å². The molecule has 2 rings (SSSR count). The lowest BCUT2D eigenvalue weighted by Crippen LogP contribution is -2.37. The number of hydrogen-bond donors (Lipinski definition) is 1. The zero-order chi connectivity index (χ0) is 12.1. The van der Waals surface area contributed by atoms with Gasteiger partial charge in [-0.15, -0.1) is 12.4 Å². The van der Waals surface area contributed by atoms with E-state index in [1.807, 2.05) is 0 Å². The zero-order valence-electron chi connectivity index (χ0n) is 12.2. The molecular weight excluding hydrogens is 244 g/mol. The molecule has 0 atom stereocenters. The Labute approximate surface area is 119 Å². The smallest absolute Gasteiger partial charge is 0.00924 e. The normalized spacial score (nSPS) is 30.2. The van der Waals surface area contributed by atoms with Crippen LogP contribution in [-0.2, 0) is 0 Å². The highest BCUT2D eigenvalue weighted by atomic mass is 35.5. The molecule has 1 N–H and O–H groups in total. The highest BCUT2D eigenvalue weighted by molar-refractivity contribution is 5.85. The number of piperidine rings is 1. The first-order valence-electron chi connectivity index (χ1n) is 7.66. The lowest BCUT2D eigenvalue weighted by molar-refractivity contribution is 0.157. The second kappa shape index (κ2) is 8.39. The van der Waals surface area contributed by atoms with Gasteiger partial charge >= 0.3 is 0 Å². The average molecular weight is 275 g/mol. The number of rotatable bonds is 4. The fraction of sp³-hybridized carbons (Fsp3) is 1.00. The van der Waals surface area contributed by atoms with Crippen LogP contribution in [0.3, 0.4) is 0 Å². The Bertz CT molecular complexity index is 209. The fourth-order valence-corrected chi connectivity index (χ4v) is 3.42. The van der Waals surface area contributed by atoms with E-state index in [0.29, 0.717) is 0 Å². The van der Waals surface area contributed by atoms with Crippen LogP contribution >= 0.6 is 12.4 Å². The molecule has 0 aromatic carbocycles. The molecular formula is C15H31ClN2. The molecule has 2 fully saturated rings. The summed E-state index contributed by atoms with van der Waals surface area (Å²) in [6.07, 6.45) is 9.98. The predicted octanol–water partition coefficient (Wildman–Crippen LogP) is 3.31. The van der Waals surface area contributed by atoms with Crippen molar-refractivity contribution in [1.29, 1.82) is 0 Å². The van der Waals surface area contributed by atoms with Crippen LogP contribution in [-0.4, -0.2) is 37.6 Å². The Kier molecular flexibility index (Phi) is 7.59. The molecule has 0 aromatic rings. The van der Waals surface area contributed by atoms with Gasteiger partial charge in [0.15, 0.2) is 0 Å². The third-order valence-electron chi connectivity index (χ3n) is 4.96. The van der Waals surface area contributed by atoms with Gasteiger partial charge in [0.1, 0.15) is 0 Å². The van der Waals surface area contributed by atoms with Gasteiger partial charge in [0.25, 0.3) is 0 Å². The molecule has 0 aromatic heterocycles. The zero-order valence-corrected chi connectivity index (χ0v) is 13.0. The SMILES string of the molecule is CC1CCC(N(C)CCC2CCNCC2)CC1.Cl. The lowest BCUT2D eigenvalue weighted by atomic mass is 9.86. The minimum atomic E-state index is 0. The summed E-state index contributed by atoms with van der Waals surface area (Å²) in [5.41, 5.74) is 0. The molecule has 18 heavy (non-hydrogen) atoms. The van der Waals surface area contributed by atoms with Crippen molar-refractivity contribution in [2.75, 3.05) is 26.7 Å². The van der Waals surface area contributed by atoms with E-state index in [-0.39, 0.29) is 12.4 Å². The van der Waals surface area contributed by atoms with Gasteiger partial charge in [-0.3, -0.25) is 0 Å². The van der Waals surface area contributed by atoms with E-state index in [0.717, 1.165) is 17.9 Å². The van der Waals surface area contributed by atoms with Crippen LogP contribution in [0.5, 0.6) is 0 Å². The largest absolute Gasteiger partial charge is 0.317 e. The van der Waals surface area contributed by atoms with Gasteiger partial charge in [-0.1, -0.05) is 6.92 Å². The average Bonchev–Trinajstić information content (AvgIpc) is 2.38. The minimum Gasteiger partial charge on any atom is -0.317 e. The van der Waals surface area contributed by atoms with Crippen LogP contribution < -0.4 is 5.32 Å². The Morgan fingerprint density at radius 2 is 1.61 bits per heavy atom. The number of hydrogen-bond acceptors (Lipinski definition) is 2. The minimum absolute atomic E-state index is 0.